The average Bonchev–Trinajstić information content (AvgIpc) is 2.52. The monoisotopic (exact) mass is 363 g/mol. The summed E-state index contributed by atoms with van der Waals surface area (Å²) in [6, 6.07) is -0.392. The van der Waals surface area contributed by atoms with Crippen LogP contribution >= 0.6 is 0 Å². The van der Waals surface area contributed by atoms with Gasteiger partial charge >= 0.3 is 5.97 Å². The number of rotatable bonds is 8. The predicted molar refractivity (Wildman–Crippen MR) is 107 cm³/mol. The van der Waals surface area contributed by atoms with Gasteiger partial charge in [-0.3, -0.25) is 9.59 Å². The predicted octanol–water partition coefficient (Wildman–Crippen LogP) is 4.75. The molecule has 0 saturated carbocycles. The molecular weight excluding hydrogens is 326 g/mol. The van der Waals surface area contributed by atoms with E-state index < -0.39 is 6.04 Å². The maximum absolute atomic E-state index is 11.9. The topological polar surface area (TPSA) is 46.6 Å². The Balaban J connectivity index is 2.50. The molecule has 1 saturated heterocycles. The lowest BCUT2D eigenvalue weighted by Gasteiger charge is -2.31. The van der Waals surface area contributed by atoms with E-state index in [2.05, 4.69) is 59.8 Å². The van der Waals surface area contributed by atoms with Gasteiger partial charge in [-0.2, -0.15) is 0 Å². The Hall–Kier alpha value is -1.58. The van der Waals surface area contributed by atoms with E-state index in [4.69, 9.17) is 4.74 Å². The Morgan fingerprint density at radius 2 is 1.73 bits per heavy atom. The first kappa shape index (κ1) is 22.5. The number of allylic oxidation sites excluding steroid dienone is 3. The Bertz CT molecular complexity index is 540. The van der Waals surface area contributed by atoms with Gasteiger partial charge in [0.2, 0.25) is 0 Å². The zero-order valence-electron chi connectivity index (χ0n) is 17.7. The number of carbonyl (C=O) groups is 2. The van der Waals surface area contributed by atoms with Gasteiger partial charge < -0.3 is 9.64 Å². The van der Waals surface area contributed by atoms with E-state index in [1.54, 1.807) is 0 Å². The molecule has 0 radical (unpaired) electrons. The number of likely N-dealkylation sites (N-methyl/N-ethyl adjacent to an activating group) is 1. The highest BCUT2D eigenvalue weighted by Crippen LogP contribution is 2.34. The number of cyclic esters (lactones) is 1. The third-order valence-electron chi connectivity index (χ3n) is 5.30. The van der Waals surface area contributed by atoms with Crippen molar-refractivity contribution in [2.45, 2.75) is 73.3 Å². The standard InChI is InChI=1S/C22H37NO3/c1-17(22(5,6)13-9-8-12-21(2,3)4)11-10-14-23(7)18-15-20(25)26-16-19(18)24/h8-10,14,17-18H,11-13,15-16H2,1-7H3/b9-8+,14-10+. The minimum absolute atomic E-state index is 0.0332. The van der Waals surface area contributed by atoms with Gasteiger partial charge in [0.15, 0.2) is 12.4 Å². The fourth-order valence-corrected chi connectivity index (χ4v) is 2.83. The number of nitrogens with zero attached hydrogens (tertiary/aromatic N) is 1. The number of hydrogen-bond donors (Lipinski definition) is 0. The number of Topliss-reactive ketones (excluding diaryl/α,β-unsaturated/α-hetero) is 1. The molecule has 0 N–H and O–H groups in total. The Morgan fingerprint density at radius 1 is 1.12 bits per heavy atom. The summed E-state index contributed by atoms with van der Waals surface area (Å²) < 4.78 is 4.78. The molecule has 0 spiro atoms. The molecule has 2 unspecified atom stereocenters. The van der Waals surface area contributed by atoms with Gasteiger partial charge in [0.1, 0.15) is 6.04 Å². The van der Waals surface area contributed by atoms with Crippen molar-refractivity contribution in [3.05, 3.63) is 24.4 Å². The van der Waals surface area contributed by atoms with Crippen LogP contribution < -0.4 is 0 Å². The first-order chi connectivity index (χ1) is 11.9. The van der Waals surface area contributed by atoms with Crippen LogP contribution in [0.1, 0.15) is 67.2 Å². The Kier molecular flexibility index (Phi) is 8.11. The molecular formula is C22H37NO3. The minimum atomic E-state index is -0.392. The van der Waals surface area contributed by atoms with Crippen molar-refractivity contribution >= 4 is 11.8 Å². The van der Waals surface area contributed by atoms with E-state index in [9.17, 15) is 9.59 Å². The van der Waals surface area contributed by atoms with Gasteiger partial charge in [0, 0.05) is 7.05 Å². The molecule has 1 rings (SSSR count). The van der Waals surface area contributed by atoms with E-state index in [1.165, 1.54) is 0 Å². The van der Waals surface area contributed by atoms with Crippen molar-refractivity contribution in [1.82, 2.24) is 4.90 Å². The summed E-state index contributed by atoms with van der Waals surface area (Å²) in [6.07, 6.45) is 11.9. The molecule has 26 heavy (non-hydrogen) atoms. The van der Waals surface area contributed by atoms with Gasteiger partial charge in [-0.15, -0.1) is 0 Å². The van der Waals surface area contributed by atoms with Crippen molar-refractivity contribution < 1.29 is 14.3 Å². The molecule has 0 aromatic rings. The summed E-state index contributed by atoms with van der Waals surface area (Å²) in [5.74, 6) is 0.180. The van der Waals surface area contributed by atoms with E-state index in [1.807, 2.05) is 18.1 Å². The maximum Gasteiger partial charge on any atom is 0.308 e. The van der Waals surface area contributed by atoms with Crippen molar-refractivity contribution in [1.29, 1.82) is 0 Å². The second-order valence-corrected chi connectivity index (χ2v) is 9.46. The van der Waals surface area contributed by atoms with Gasteiger partial charge in [0.05, 0.1) is 6.42 Å². The molecule has 0 bridgehead atoms. The van der Waals surface area contributed by atoms with Crippen LogP contribution in [-0.4, -0.2) is 36.3 Å². The van der Waals surface area contributed by atoms with Crippen LogP contribution in [0.4, 0.5) is 0 Å². The lowest BCUT2D eigenvalue weighted by Crippen LogP contribution is -2.43. The molecule has 1 fully saturated rings. The zero-order chi connectivity index (χ0) is 20.0. The Morgan fingerprint density at radius 3 is 2.35 bits per heavy atom. The van der Waals surface area contributed by atoms with Gasteiger partial charge in [0.25, 0.3) is 0 Å². The highest BCUT2D eigenvalue weighted by molar-refractivity contribution is 5.93. The van der Waals surface area contributed by atoms with Crippen molar-refractivity contribution in [3.63, 3.8) is 0 Å². The summed E-state index contributed by atoms with van der Waals surface area (Å²) in [5, 5.41) is 0. The van der Waals surface area contributed by atoms with E-state index in [0.717, 1.165) is 19.3 Å². The summed E-state index contributed by atoms with van der Waals surface area (Å²) >= 11 is 0. The molecule has 148 valence electrons. The molecule has 0 aromatic heterocycles. The smallest absolute Gasteiger partial charge is 0.308 e. The fourth-order valence-electron chi connectivity index (χ4n) is 2.83. The number of ether oxygens (including phenoxy) is 1. The van der Waals surface area contributed by atoms with E-state index in [-0.39, 0.29) is 30.2 Å². The van der Waals surface area contributed by atoms with Crippen LogP contribution in [0, 0.1) is 16.7 Å². The number of hydrogen-bond acceptors (Lipinski definition) is 4. The third-order valence-corrected chi connectivity index (χ3v) is 5.30. The number of esters is 1. The highest BCUT2D eigenvalue weighted by atomic mass is 16.5. The van der Waals surface area contributed by atoms with Crippen LogP contribution in [0.25, 0.3) is 0 Å². The molecule has 1 heterocycles. The second-order valence-electron chi connectivity index (χ2n) is 9.46. The summed E-state index contributed by atoms with van der Waals surface area (Å²) in [4.78, 5) is 25.1. The molecule has 4 heteroatoms. The molecule has 0 aliphatic carbocycles. The number of ketones is 1. The van der Waals surface area contributed by atoms with Crippen LogP contribution in [0.2, 0.25) is 0 Å². The van der Waals surface area contributed by atoms with Crippen LogP contribution in [0.3, 0.4) is 0 Å². The van der Waals surface area contributed by atoms with Gasteiger partial charge in [-0.25, -0.2) is 0 Å². The average molecular weight is 364 g/mol. The number of carbonyl (C=O) groups excluding carboxylic acids is 2. The normalized spacial score (nSPS) is 20.7. The van der Waals surface area contributed by atoms with Gasteiger partial charge in [-0.1, -0.05) is 59.8 Å². The third kappa shape index (κ3) is 7.76. The van der Waals surface area contributed by atoms with Crippen LogP contribution in [0.5, 0.6) is 0 Å². The summed E-state index contributed by atoms with van der Waals surface area (Å²) in [5.41, 5.74) is 0.546. The molecule has 2 atom stereocenters. The highest BCUT2D eigenvalue weighted by Gasteiger charge is 2.30. The first-order valence-electron chi connectivity index (χ1n) is 9.64. The largest absolute Gasteiger partial charge is 0.458 e. The van der Waals surface area contributed by atoms with E-state index >= 15 is 0 Å². The van der Waals surface area contributed by atoms with Crippen LogP contribution in [0.15, 0.2) is 24.4 Å². The molecule has 0 aromatic carbocycles. The fraction of sp³-hybridized carbons (Fsp3) is 0.727. The zero-order valence-corrected chi connectivity index (χ0v) is 17.7. The molecule has 1 aliphatic heterocycles. The molecule has 1 aliphatic rings. The van der Waals surface area contributed by atoms with Crippen molar-refractivity contribution in [2.75, 3.05) is 13.7 Å². The second kappa shape index (κ2) is 9.38. The minimum Gasteiger partial charge on any atom is -0.458 e. The SMILES string of the molecule is CC(C/C=C/N(C)C1CC(=O)OCC1=O)C(C)(C)C/C=C/CC(C)(C)C. The molecule has 4 nitrogen and oxygen atoms in total. The first-order valence-corrected chi connectivity index (χ1v) is 9.64. The van der Waals surface area contributed by atoms with E-state index in [0.29, 0.717) is 11.3 Å². The van der Waals surface area contributed by atoms with Crippen LogP contribution in [-0.2, 0) is 14.3 Å². The van der Waals surface area contributed by atoms with Gasteiger partial charge in [-0.05, 0) is 42.2 Å². The summed E-state index contributed by atoms with van der Waals surface area (Å²) in [7, 11) is 1.85. The summed E-state index contributed by atoms with van der Waals surface area (Å²) in [6.45, 7) is 13.5. The lowest BCUT2D eigenvalue weighted by atomic mass is 9.75. The maximum atomic E-state index is 11.9. The van der Waals surface area contributed by atoms with Crippen molar-refractivity contribution in [2.24, 2.45) is 16.7 Å². The Labute approximate surface area is 159 Å². The molecule has 0 amide bonds. The lowest BCUT2D eigenvalue weighted by molar-refractivity contribution is -0.156. The quantitative estimate of drug-likeness (QED) is 0.461. The van der Waals surface area contributed by atoms with Crippen molar-refractivity contribution in [3.8, 4) is 0 Å².